The zero-order valence-corrected chi connectivity index (χ0v) is 15.2. The normalized spacial score (nSPS) is 11.2. The number of benzene rings is 3. The number of hydrogen-bond acceptors (Lipinski definition) is 1. The molecule has 0 fully saturated rings. The molecule has 0 atom stereocenters. The van der Waals surface area contributed by atoms with Crippen molar-refractivity contribution in [2.24, 2.45) is 0 Å². The van der Waals surface area contributed by atoms with Crippen molar-refractivity contribution in [1.82, 2.24) is 9.97 Å². The summed E-state index contributed by atoms with van der Waals surface area (Å²) in [5.41, 5.74) is 6.28. The summed E-state index contributed by atoms with van der Waals surface area (Å²) in [4.78, 5) is 8.26. The van der Waals surface area contributed by atoms with E-state index in [1.807, 2.05) is 36.4 Å². The van der Waals surface area contributed by atoms with Crippen molar-refractivity contribution in [2.75, 3.05) is 0 Å². The molecule has 1 aromatic heterocycles. The van der Waals surface area contributed by atoms with Crippen LogP contribution in [0.25, 0.3) is 22.4 Å². The van der Waals surface area contributed by atoms with Crippen molar-refractivity contribution in [3.63, 3.8) is 0 Å². The third-order valence-electron chi connectivity index (χ3n) is 4.32. The summed E-state index contributed by atoms with van der Waals surface area (Å²) in [6.45, 7) is 2.08. The first-order chi connectivity index (χ1) is 12.1. The highest BCUT2D eigenvalue weighted by molar-refractivity contribution is 6.36. The molecule has 0 aliphatic heterocycles. The molecule has 25 heavy (non-hydrogen) atoms. The number of H-pyrrole nitrogens is 1. The van der Waals surface area contributed by atoms with Gasteiger partial charge in [0.15, 0.2) is 0 Å². The molecule has 4 heteroatoms. The number of halogens is 2. The number of rotatable bonds is 3. The van der Waals surface area contributed by atoms with Gasteiger partial charge in [-0.1, -0.05) is 65.2 Å². The topological polar surface area (TPSA) is 28.7 Å². The van der Waals surface area contributed by atoms with Crippen molar-refractivity contribution < 1.29 is 0 Å². The molecule has 0 saturated heterocycles. The summed E-state index contributed by atoms with van der Waals surface area (Å²) in [6, 6.07) is 20.1. The molecule has 0 unspecified atom stereocenters. The van der Waals surface area contributed by atoms with Crippen LogP contribution in [0.4, 0.5) is 0 Å². The maximum absolute atomic E-state index is 6.34. The summed E-state index contributed by atoms with van der Waals surface area (Å²) in [7, 11) is 0. The Kier molecular flexibility index (Phi) is 4.24. The van der Waals surface area contributed by atoms with Crippen LogP contribution in [0, 0.1) is 6.92 Å². The van der Waals surface area contributed by atoms with E-state index in [-0.39, 0.29) is 0 Å². The minimum Gasteiger partial charge on any atom is -0.338 e. The second-order valence-electron chi connectivity index (χ2n) is 6.15. The third-order valence-corrected chi connectivity index (χ3v) is 5.02. The lowest BCUT2D eigenvalue weighted by molar-refractivity contribution is 1.20. The average Bonchev–Trinajstić information content (AvgIpc) is 3.03. The number of imidazole rings is 1. The lowest BCUT2D eigenvalue weighted by Gasteiger charge is -2.07. The van der Waals surface area contributed by atoms with Crippen molar-refractivity contribution in [3.05, 3.63) is 87.4 Å². The second-order valence-corrected chi connectivity index (χ2v) is 6.96. The maximum Gasteiger partial charge on any atom is 0.138 e. The monoisotopic (exact) mass is 366 g/mol. The number of fused-ring (bicyclic) bond motifs is 1. The van der Waals surface area contributed by atoms with E-state index < -0.39 is 0 Å². The molecule has 0 radical (unpaired) electrons. The molecule has 0 amide bonds. The van der Waals surface area contributed by atoms with E-state index >= 15 is 0 Å². The van der Waals surface area contributed by atoms with Crippen LogP contribution in [0.3, 0.4) is 0 Å². The summed E-state index contributed by atoms with van der Waals surface area (Å²) in [5, 5.41) is 1.36. The highest BCUT2D eigenvalue weighted by atomic mass is 35.5. The zero-order chi connectivity index (χ0) is 17.4. The standard InChI is InChI=1S/C21H16Cl2N2/c1-13-5-2-7-15(11-13)21-24-19-10-3-6-14(20(19)25-21)12-16-17(22)8-4-9-18(16)23/h2-11H,12H2,1H3,(H,24,25). The Labute approximate surface area is 156 Å². The molecule has 0 saturated carbocycles. The molecule has 0 aliphatic rings. The van der Waals surface area contributed by atoms with E-state index in [2.05, 4.69) is 36.2 Å². The number of nitrogens with zero attached hydrogens (tertiary/aromatic N) is 1. The smallest absolute Gasteiger partial charge is 0.138 e. The lowest BCUT2D eigenvalue weighted by Crippen LogP contribution is -1.92. The number of aromatic nitrogens is 2. The van der Waals surface area contributed by atoms with Gasteiger partial charge in [0.25, 0.3) is 0 Å². The van der Waals surface area contributed by atoms with Gasteiger partial charge in [0, 0.05) is 22.0 Å². The highest BCUT2D eigenvalue weighted by Crippen LogP contribution is 2.30. The molecular weight excluding hydrogens is 351 g/mol. The van der Waals surface area contributed by atoms with Crippen LogP contribution in [0.2, 0.25) is 10.0 Å². The van der Waals surface area contributed by atoms with Crippen LogP contribution in [0.5, 0.6) is 0 Å². The Bertz CT molecular complexity index is 1050. The predicted octanol–water partition coefficient (Wildman–Crippen LogP) is 6.44. The zero-order valence-electron chi connectivity index (χ0n) is 13.7. The van der Waals surface area contributed by atoms with Crippen LogP contribution in [-0.2, 0) is 6.42 Å². The summed E-state index contributed by atoms with van der Waals surface area (Å²) < 4.78 is 0. The second kappa shape index (κ2) is 6.55. The first-order valence-electron chi connectivity index (χ1n) is 8.09. The summed E-state index contributed by atoms with van der Waals surface area (Å²) in [5.74, 6) is 0.872. The van der Waals surface area contributed by atoms with Gasteiger partial charge in [-0.25, -0.2) is 4.98 Å². The van der Waals surface area contributed by atoms with Crippen molar-refractivity contribution in [2.45, 2.75) is 13.3 Å². The SMILES string of the molecule is Cc1cccc(-c2nc3c(Cc4c(Cl)cccc4Cl)cccc3[nH]2)c1. The van der Waals surface area contributed by atoms with Gasteiger partial charge in [0.05, 0.1) is 11.0 Å². The largest absolute Gasteiger partial charge is 0.338 e. The van der Waals surface area contributed by atoms with Gasteiger partial charge < -0.3 is 4.98 Å². The Morgan fingerprint density at radius 3 is 2.40 bits per heavy atom. The fourth-order valence-electron chi connectivity index (χ4n) is 3.05. The van der Waals surface area contributed by atoms with Gasteiger partial charge >= 0.3 is 0 Å². The molecule has 4 rings (SSSR count). The van der Waals surface area contributed by atoms with E-state index in [0.29, 0.717) is 16.5 Å². The quantitative estimate of drug-likeness (QED) is 0.444. The molecule has 2 nitrogen and oxygen atoms in total. The van der Waals surface area contributed by atoms with Crippen LogP contribution in [0.15, 0.2) is 60.7 Å². The van der Waals surface area contributed by atoms with Crippen molar-refractivity contribution in [1.29, 1.82) is 0 Å². The van der Waals surface area contributed by atoms with Gasteiger partial charge in [-0.05, 0) is 42.3 Å². The maximum atomic E-state index is 6.34. The minimum absolute atomic E-state index is 0.647. The molecule has 0 bridgehead atoms. The Balaban J connectivity index is 1.81. The van der Waals surface area contributed by atoms with Gasteiger partial charge in [0.1, 0.15) is 5.82 Å². The molecule has 0 spiro atoms. The highest BCUT2D eigenvalue weighted by Gasteiger charge is 2.12. The van der Waals surface area contributed by atoms with Gasteiger partial charge in [-0.2, -0.15) is 0 Å². The van der Waals surface area contributed by atoms with Crippen molar-refractivity contribution in [3.8, 4) is 11.4 Å². The Morgan fingerprint density at radius 2 is 1.64 bits per heavy atom. The molecule has 1 heterocycles. The van der Waals surface area contributed by atoms with Crippen LogP contribution in [-0.4, -0.2) is 9.97 Å². The first-order valence-corrected chi connectivity index (χ1v) is 8.85. The van der Waals surface area contributed by atoms with Gasteiger partial charge in [-0.3, -0.25) is 0 Å². The Hall–Kier alpha value is -2.29. The molecule has 1 N–H and O–H groups in total. The fourth-order valence-corrected chi connectivity index (χ4v) is 3.59. The van der Waals surface area contributed by atoms with Crippen LogP contribution in [0.1, 0.15) is 16.7 Å². The van der Waals surface area contributed by atoms with E-state index in [1.54, 1.807) is 0 Å². The predicted molar refractivity (Wildman–Crippen MR) is 106 cm³/mol. The molecule has 3 aromatic carbocycles. The van der Waals surface area contributed by atoms with Crippen LogP contribution < -0.4 is 0 Å². The molecular formula is C21H16Cl2N2. The third kappa shape index (κ3) is 3.15. The van der Waals surface area contributed by atoms with E-state index in [1.165, 1.54) is 5.56 Å². The number of hydrogen-bond donors (Lipinski definition) is 1. The number of nitrogens with one attached hydrogen (secondary N) is 1. The first kappa shape index (κ1) is 16.2. The minimum atomic E-state index is 0.647. The Morgan fingerprint density at radius 1 is 0.920 bits per heavy atom. The molecule has 4 aromatic rings. The van der Waals surface area contributed by atoms with E-state index in [4.69, 9.17) is 28.2 Å². The van der Waals surface area contributed by atoms with Gasteiger partial charge in [0.2, 0.25) is 0 Å². The van der Waals surface area contributed by atoms with Gasteiger partial charge in [-0.15, -0.1) is 0 Å². The number of aryl methyl sites for hydroxylation is 1. The van der Waals surface area contributed by atoms with Crippen molar-refractivity contribution >= 4 is 34.2 Å². The molecule has 0 aliphatic carbocycles. The van der Waals surface area contributed by atoms with E-state index in [0.717, 1.165) is 33.5 Å². The summed E-state index contributed by atoms with van der Waals surface area (Å²) in [6.07, 6.45) is 0.647. The number of para-hydroxylation sites is 1. The van der Waals surface area contributed by atoms with Crippen LogP contribution >= 0.6 is 23.2 Å². The fraction of sp³-hybridized carbons (Fsp3) is 0.0952. The average molecular weight is 367 g/mol. The summed E-state index contributed by atoms with van der Waals surface area (Å²) >= 11 is 12.7. The lowest BCUT2D eigenvalue weighted by atomic mass is 10.0. The molecule has 124 valence electrons. The van der Waals surface area contributed by atoms with E-state index in [9.17, 15) is 0 Å². The number of aromatic amines is 1.